The van der Waals surface area contributed by atoms with Gasteiger partial charge in [0.05, 0.1) is 19.1 Å². The molecule has 10 heteroatoms. The van der Waals surface area contributed by atoms with Crippen LogP contribution in [-0.2, 0) is 25.5 Å². The Hall–Kier alpha value is -3.17. The van der Waals surface area contributed by atoms with E-state index in [2.05, 4.69) is 10.6 Å². The van der Waals surface area contributed by atoms with Gasteiger partial charge < -0.3 is 20.1 Å². The Morgan fingerprint density at radius 1 is 1.14 bits per heavy atom. The summed E-state index contributed by atoms with van der Waals surface area (Å²) in [4.78, 5) is 46.9. The number of amides is 2. The first kappa shape index (κ1) is 23.9. The first-order valence-corrected chi connectivity index (χ1v) is 9.05. The van der Waals surface area contributed by atoms with Crippen LogP contribution in [0.4, 0.5) is 5.69 Å². The van der Waals surface area contributed by atoms with Crippen LogP contribution in [0.1, 0.15) is 32.8 Å². The van der Waals surface area contributed by atoms with Crippen LogP contribution in [-0.4, -0.2) is 49.0 Å². The number of nitrogens with zero attached hydrogens (tertiary/aromatic N) is 1. The molecular formula is C19H27N3O7. The van der Waals surface area contributed by atoms with Gasteiger partial charge in [0, 0.05) is 31.0 Å². The van der Waals surface area contributed by atoms with Gasteiger partial charge in [0.2, 0.25) is 11.8 Å². The molecule has 0 unspecified atom stereocenters. The molecule has 1 aromatic rings. The summed E-state index contributed by atoms with van der Waals surface area (Å²) in [6.07, 6.45) is 0.289. The molecule has 0 fully saturated rings. The van der Waals surface area contributed by atoms with Gasteiger partial charge in [0.15, 0.2) is 0 Å². The van der Waals surface area contributed by atoms with Crippen molar-refractivity contribution in [2.75, 3.05) is 14.2 Å². The lowest BCUT2D eigenvalue weighted by atomic mass is 10.0. The lowest BCUT2D eigenvalue weighted by Crippen LogP contribution is -2.52. The zero-order chi connectivity index (χ0) is 22.1. The average Bonchev–Trinajstić information content (AvgIpc) is 2.65. The molecule has 10 nitrogen and oxygen atoms in total. The number of methoxy groups -OCH3 is 2. The third kappa shape index (κ3) is 7.40. The van der Waals surface area contributed by atoms with Crippen LogP contribution in [0, 0.1) is 16.0 Å². The van der Waals surface area contributed by atoms with Crippen molar-refractivity contribution < 1.29 is 28.8 Å². The highest BCUT2D eigenvalue weighted by molar-refractivity contribution is 5.90. The number of hydrogen-bond donors (Lipinski definition) is 2. The summed E-state index contributed by atoms with van der Waals surface area (Å²) in [6.45, 7) is 5.09. The molecule has 0 saturated carbocycles. The fourth-order valence-electron chi connectivity index (χ4n) is 2.81. The highest BCUT2D eigenvalue weighted by Gasteiger charge is 2.28. The molecule has 0 spiro atoms. The van der Waals surface area contributed by atoms with E-state index in [9.17, 15) is 24.5 Å². The Morgan fingerprint density at radius 2 is 1.79 bits per heavy atom. The molecule has 0 aliphatic rings. The van der Waals surface area contributed by atoms with Gasteiger partial charge in [-0.05, 0) is 18.4 Å². The van der Waals surface area contributed by atoms with Crippen molar-refractivity contribution in [1.82, 2.24) is 10.6 Å². The molecule has 0 bridgehead atoms. The number of rotatable bonds is 10. The van der Waals surface area contributed by atoms with Gasteiger partial charge in [-0.15, -0.1) is 0 Å². The van der Waals surface area contributed by atoms with Gasteiger partial charge in [0.25, 0.3) is 5.69 Å². The first-order chi connectivity index (χ1) is 13.6. The standard InChI is InChI=1S/C19H27N3O7/c1-11(2)8-15(20-12(3)23)18(24)21-16(19(25)29-5)10-13-9-14(22(26)27)6-7-17(13)28-4/h6-7,9,11,15-16H,8,10H2,1-5H3,(H,20,23)(H,21,24)/t15-,16+/m0/s1. The molecule has 0 aliphatic carbocycles. The SMILES string of the molecule is COC(=O)[C@@H](Cc1cc([N+](=O)[O-])ccc1OC)NC(=O)[C@H](CC(C)C)NC(C)=O. The summed E-state index contributed by atoms with van der Waals surface area (Å²) in [7, 11) is 2.57. The third-order valence-electron chi connectivity index (χ3n) is 4.10. The second kappa shape index (κ2) is 11.0. The topological polar surface area (TPSA) is 137 Å². The number of nitrogens with one attached hydrogen (secondary N) is 2. The molecule has 0 heterocycles. The van der Waals surface area contributed by atoms with Gasteiger partial charge in [-0.3, -0.25) is 19.7 Å². The zero-order valence-electron chi connectivity index (χ0n) is 17.2. The number of carbonyl (C=O) groups is 3. The normalized spacial score (nSPS) is 12.6. The summed E-state index contributed by atoms with van der Waals surface area (Å²) in [5.41, 5.74) is 0.184. The summed E-state index contributed by atoms with van der Waals surface area (Å²) in [5, 5.41) is 16.2. The van der Waals surface area contributed by atoms with Crippen LogP contribution in [0.5, 0.6) is 5.75 Å². The van der Waals surface area contributed by atoms with Crippen molar-refractivity contribution in [1.29, 1.82) is 0 Å². The minimum absolute atomic E-state index is 0.0856. The van der Waals surface area contributed by atoms with Crippen LogP contribution in [0.25, 0.3) is 0 Å². The maximum absolute atomic E-state index is 12.7. The number of esters is 1. The second-order valence-corrected chi connectivity index (χ2v) is 6.92. The highest BCUT2D eigenvalue weighted by atomic mass is 16.6. The number of benzene rings is 1. The van der Waals surface area contributed by atoms with E-state index in [4.69, 9.17) is 9.47 Å². The Morgan fingerprint density at radius 3 is 2.28 bits per heavy atom. The first-order valence-electron chi connectivity index (χ1n) is 9.05. The van der Waals surface area contributed by atoms with E-state index in [-0.39, 0.29) is 23.9 Å². The molecule has 0 radical (unpaired) electrons. The van der Waals surface area contributed by atoms with E-state index in [0.717, 1.165) is 0 Å². The third-order valence-corrected chi connectivity index (χ3v) is 4.10. The lowest BCUT2D eigenvalue weighted by molar-refractivity contribution is -0.384. The number of nitro benzene ring substituents is 1. The molecule has 0 aromatic heterocycles. The van der Waals surface area contributed by atoms with Gasteiger partial charge in [-0.1, -0.05) is 13.8 Å². The molecule has 1 aromatic carbocycles. The van der Waals surface area contributed by atoms with Crippen molar-refractivity contribution in [3.63, 3.8) is 0 Å². The van der Waals surface area contributed by atoms with Crippen molar-refractivity contribution in [3.05, 3.63) is 33.9 Å². The Kier molecular flexibility index (Phi) is 9.04. The van der Waals surface area contributed by atoms with Crippen LogP contribution in [0.3, 0.4) is 0 Å². The maximum Gasteiger partial charge on any atom is 0.328 e. The van der Waals surface area contributed by atoms with E-state index in [1.54, 1.807) is 0 Å². The number of ether oxygens (including phenoxy) is 2. The molecule has 160 valence electrons. The molecular weight excluding hydrogens is 382 g/mol. The molecule has 2 amide bonds. The van der Waals surface area contributed by atoms with Gasteiger partial charge in [0.1, 0.15) is 17.8 Å². The Bertz CT molecular complexity index is 764. The van der Waals surface area contributed by atoms with E-state index in [1.165, 1.54) is 39.3 Å². The summed E-state index contributed by atoms with van der Waals surface area (Å²) in [6, 6.07) is 2.03. The predicted molar refractivity (Wildman–Crippen MR) is 104 cm³/mol. The smallest absolute Gasteiger partial charge is 0.328 e. The highest BCUT2D eigenvalue weighted by Crippen LogP contribution is 2.25. The summed E-state index contributed by atoms with van der Waals surface area (Å²) in [5.74, 6) is -1.20. The quantitative estimate of drug-likeness (QED) is 0.338. The van der Waals surface area contributed by atoms with E-state index in [1.807, 2.05) is 13.8 Å². The minimum Gasteiger partial charge on any atom is -0.496 e. The van der Waals surface area contributed by atoms with Crippen molar-refractivity contribution in [2.45, 2.75) is 45.7 Å². The molecule has 2 atom stereocenters. The Balaban J connectivity index is 3.13. The largest absolute Gasteiger partial charge is 0.496 e. The number of hydrogen-bond acceptors (Lipinski definition) is 7. The van der Waals surface area contributed by atoms with Gasteiger partial charge in [-0.2, -0.15) is 0 Å². The monoisotopic (exact) mass is 409 g/mol. The van der Waals surface area contributed by atoms with Crippen LogP contribution < -0.4 is 15.4 Å². The van der Waals surface area contributed by atoms with Crippen LogP contribution in [0.2, 0.25) is 0 Å². The van der Waals surface area contributed by atoms with E-state index < -0.39 is 28.9 Å². The van der Waals surface area contributed by atoms with Crippen molar-refractivity contribution in [3.8, 4) is 5.75 Å². The van der Waals surface area contributed by atoms with Gasteiger partial charge >= 0.3 is 5.97 Å². The number of nitro groups is 1. The maximum atomic E-state index is 12.7. The fraction of sp³-hybridized carbons (Fsp3) is 0.526. The van der Waals surface area contributed by atoms with Crippen molar-refractivity contribution >= 4 is 23.5 Å². The number of non-ortho nitro benzene ring substituents is 1. The lowest BCUT2D eigenvalue weighted by Gasteiger charge is -2.23. The van der Waals surface area contributed by atoms with Crippen LogP contribution in [0.15, 0.2) is 18.2 Å². The summed E-state index contributed by atoms with van der Waals surface area (Å²) < 4.78 is 9.97. The predicted octanol–water partition coefficient (Wildman–Crippen LogP) is 1.35. The molecule has 1 rings (SSSR count). The Labute approximate surface area is 169 Å². The molecule has 2 N–H and O–H groups in total. The molecule has 0 aliphatic heterocycles. The van der Waals surface area contributed by atoms with Crippen molar-refractivity contribution in [2.24, 2.45) is 5.92 Å². The fourth-order valence-corrected chi connectivity index (χ4v) is 2.81. The average molecular weight is 409 g/mol. The van der Waals surface area contributed by atoms with Gasteiger partial charge in [-0.25, -0.2) is 4.79 Å². The van der Waals surface area contributed by atoms with E-state index in [0.29, 0.717) is 17.7 Å². The zero-order valence-corrected chi connectivity index (χ0v) is 17.2. The number of carbonyl (C=O) groups excluding carboxylic acids is 3. The molecule has 0 saturated heterocycles. The van der Waals surface area contributed by atoms with Crippen LogP contribution >= 0.6 is 0 Å². The molecule has 29 heavy (non-hydrogen) atoms. The minimum atomic E-state index is -1.12. The second-order valence-electron chi connectivity index (χ2n) is 6.92. The van der Waals surface area contributed by atoms with E-state index >= 15 is 0 Å². The summed E-state index contributed by atoms with van der Waals surface area (Å²) >= 11 is 0.